The fourth-order valence-corrected chi connectivity index (χ4v) is 3.56. The molecule has 134 valence electrons. The largest absolute Gasteiger partial charge is 0.484 e. The quantitative estimate of drug-likeness (QED) is 0.528. The zero-order chi connectivity index (χ0) is 18.7. The molecule has 0 radical (unpaired) electrons. The van der Waals surface area contributed by atoms with E-state index in [1.54, 1.807) is 0 Å². The predicted octanol–water partition coefficient (Wildman–Crippen LogP) is 5.86. The van der Waals surface area contributed by atoms with E-state index in [-0.39, 0.29) is 12.5 Å². The molecule has 4 nitrogen and oxygen atoms in total. The summed E-state index contributed by atoms with van der Waals surface area (Å²) in [6.45, 7) is 3.86. The predicted molar refractivity (Wildman–Crippen MR) is 110 cm³/mol. The van der Waals surface area contributed by atoms with Crippen LogP contribution in [0.1, 0.15) is 10.4 Å². The van der Waals surface area contributed by atoms with Crippen molar-refractivity contribution in [3.63, 3.8) is 0 Å². The van der Waals surface area contributed by atoms with Crippen LogP contribution in [-0.2, 0) is 4.79 Å². The molecule has 0 aliphatic rings. The number of amides is 1. The van der Waals surface area contributed by atoms with Crippen molar-refractivity contribution in [3.05, 3.63) is 62.4 Å². The van der Waals surface area contributed by atoms with Gasteiger partial charge in [-0.05, 0) is 49.7 Å². The molecule has 3 aromatic rings. The number of aromatic nitrogens is 1. The SMILES string of the molecule is Cc1cc(OCC(=O)Nc2nc(-c3ccc(Cl)cc3)c(C)s2)ccc1Br. The molecule has 0 atom stereocenters. The lowest BCUT2D eigenvalue weighted by atomic mass is 10.1. The normalized spacial score (nSPS) is 10.6. The fourth-order valence-electron chi connectivity index (χ4n) is 2.34. The number of carbonyl (C=O) groups excluding carboxylic acids is 1. The molecule has 1 N–H and O–H groups in total. The second kappa shape index (κ2) is 8.20. The number of rotatable bonds is 5. The maximum absolute atomic E-state index is 12.1. The van der Waals surface area contributed by atoms with Crippen LogP contribution in [0.15, 0.2) is 46.9 Å². The van der Waals surface area contributed by atoms with Gasteiger partial charge in [0.25, 0.3) is 5.91 Å². The number of thiazole rings is 1. The van der Waals surface area contributed by atoms with E-state index in [1.165, 1.54) is 11.3 Å². The number of nitrogens with one attached hydrogen (secondary N) is 1. The molecule has 3 rings (SSSR count). The Hall–Kier alpha value is -1.89. The molecule has 0 aliphatic carbocycles. The number of ether oxygens (including phenoxy) is 1. The Balaban J connectivity index is 1.63. The van der Waals surface area contributed by atoms with Crippen molar-refractivity contribution < 1.29 is 9.53 Å². The van der Waals surface area contributed by atoms with E-state index in [4.69, 9.17) is 16.3 Å². The van der Waals surface area contributed by atoms with E-state index in [9.17, 15) is 4.79 Å². The average Bonchev–Trinajstić information content (AvgIpc) is 2.97. The van der Waals surface area contributed by atoms with Crippen LogP contribution >= 0.6 is 38.9 Å². The van der Waals surface area contributed by atoms with Crippen molar-refractivity contribution in [3.8, 4) is 17.0 Å². The van der Waals surface area contributed by atoms with Crippen molar-refractivity contribution in [1.29, 1.82) is 0 Å². The molecule has 0 unspecified atom stereocenters. The molecule has 2 aromatic carbocycles. The fraction of sp³-hybridized carbons (Fsp3) is 0.158. The van der Waals surface area contributed by atoms with Crippen LogP contribution < -0.4 is 10.1 Å². The van der Waals surface area contributed by atoms with Gasteiger partial charge in [-0.2, -0.15) is 0 Å². The van der Waals surface area contributed by atoms with E-state index in [1.807, 2.05) is 56.3 Å². The molecule has 1 aromatic heterocycles. The van der Waals surface area contributed by atoms with Gasteiger partial charge in [-0.3, -0.25) is 10.1 Å². The van der Waals surface area contributed by atoms with E-state index < -0.39 is 0 Å². The van der Waals surface area contributed by atoms with Gasteiger partial charge < -0.3 is 4.74 Å². The molecule has 1 amide bonds. The maximum atomic E-state index is 12.1. The lowest BCUT2D eigenvalue weighted by molar-refractivity contribution is -0.118. The standard InChI is InChI=1S/C19H16BrClN2O2S/c1-11-9-15(7-8-16(11)20)25-10-17(24)22-19-23-18(12(2)26-19)13-3-5-14(21)6-4-13/h3-9H,10H2,1-2H3,(H,22,23,24). The number of nitrogens with zero attached hydrogens (tertiary/aromatic N) is 1. The first-order valence-corrected chi connectivity index (χ1v) is 9.83. The second-order valence-electron chi connectivity index (χ2n) is 5.68. The van der Waals surface area contributed by atoms with Gasteiger partial charge in [0, 0.05) is 19.9 Å². The topological polar surface area (TPSA) is 51.2 Å². The zero-order valence-corrected chi connectivity index (χ0v) is 17.3. The highest BCUT2D eigenvalue weighted by Gasteiger charge is 2.12. The van der Waals surface area contributed by atoms with Crippen molar-refractivity contribution >= 4 is 49.9 Å². The number of aryl methyl sites for hydroxylation is 2. The minimum absolute atomic E-state index is 0.0734. The van der Waals surface area contributed by atoms with E-state index in [2.05, 4.69) is 26.2 Å². The lowest BCUT2D eigenvalue weighted by Crippen LogP contribution is -2.20. The summed E-state index contributed by atoms with van der Waals surface area (Å²) in [6, 6.07) is 13.1. The van der Waals surface area contributed by atoms with Crippen LogP contribution in [0, 0.1) is 13.8 Å². The highest BCUT2D eigenvalue weighted by atomic mass is 79.9. The highest BCUT2D eigenvalue weighted by molar-refractivity contribution is 9.10. The molecule has 0 bridgehead atoms. The molecule has 0 spiro atoms. The maximum Gasteiger partial charge on any atom is 0.264 e. The number of hydrogen-bond acceptors (Lipinski definition) is 4. The van der Waals surface area contributed by atoms with Gasteiger partial charge in [0.1, 0.15) is 5.75 Å². The van der Waals surface area contributed by atoms with Crippen LogP contribution in [0.3, 0.4) is 0 Å². The molecule has 0 fully saturated rings. The van der Waals surface area contributed by atoms with E-state index >= 15 is 0 Å². The Kier molecular flexibility index (Phi) is 5.96. The zero-order valence-electron chi connectivity index (χ0n) is 14.2. The summed E-state index contributed by atoms with van der Waals surface area (Å²) in [7, 11) is 0. The molecule has 0 saturated heterocycles. The Morgan fingerprint density at radius 1 is 1.23 bits per heavy atom. The molecule has 0 aliphatic heterocycles. The lowest BCUT2D eigenvalue weighted by Gasteiger charge is -2.07. The van der Waals surface area contributed by atoms with Crippen molar-refractivity contribution in [2.75, 3.05) is 11.9 Å². The third-order valence-electron chi connectivity index (χ3n) is 3.66. The van der Waals surface area contributed by atoms with Crippen molar-refractivity contribution in [2.24, 2.45) is 0 Å². The minimum Gasteiger partial charge on any atom is -0.484 e. The number of halogens is 2. The van der Waals surface area contributed by atoms with Crippen LogP contribution in [0.25, 0.3) is 11.3 Å². The number of carbonyl (C=O) groups is 1. The van der Waals surface area contributed by atoms with Gasteiger partial charge in [-0.15, -0.1) is 11.3 Å². The van der Waals surface area contributed by atoms with Gasteiger partial charge in [0.2, 0.25) is 0 Å². The second-order valence-corrected chi connectivity index (χ2v) is 8.17. The molecule has 1 heterocycles. The summed E-state index contributed by atoms with van der Waals surface area (Å²) < 4.78 is 6.54. The Morgan fingerprint density at radius 2 is 1.96 bits per heavy atom. The summed E-state index contributed by atoms with van der Waals surface area (Å²) in [4.78, 5) is 17.7. The van der Waals surface area contributed by atoms with Gasteiger partial charge in [-0.25, -0.2) is 4.98 Å². The first-order valence-electron chi connectivity index (χ1n) is 7.84. The smallest absolute Gasteiger partial charge is 0.264 e. The van der Waals surface area contributed by atoms with Gasteiger partial charge in [-0.1, -0.05) is 39.7 Å². The Labute approximate surface area is 169 Å². The summed E-state index contributed by atoms with van der Waals surface area (Å²) >= 11 is 10.8. The molecule has 7 heteroatoms. The van der Waals surface area contributed by atoms with Crippen molar-refractivity contribution in [1.82, 2.24) is 4.98 Å². The average molecular weight is 452 g/mol. The van der Waals surface area contributed by atoms with Crippen molar-refractivity contribution in [2.45, 2.75) is 13.8 Å². The summed E-state index contributed by atoms with van der Waals surface area (Å²) in [5, 5.41) is 4.01. The minimum atomic E-state index is -0.248. The van der Waals surface area contributed by atoms with Crippen LogP contribution in [-0.4, -0.2) is 17.5 Å². The highest BCUT2D eigenvalue weighted by Crippen LogP contribution is 2.31. The Morgan fingerprint density at radius 3 is 2.65 bits per heavy atom. The van der Waals surface area contributed by atoms with Crippen LogP contribution in [0.5, 0.6) is 5.75 Å². The van der Waals surface area contributed by atoms with Crippen LogP contribution in [0.2, 0.25) is 5.02 Å². The molecular weight excluding hydrogens is 436 g/mol. The first-order chi connectivity index (χ1) is 12.4. The molecule has 26 heavy (non-hydrogen) atoms. The molecular formula is C19H16BrClN2O2S. The monoisotopic (exact) mass is 450 g/mol. The summed E-state index contributed by atoms with van der Waals surface area (Å²) in [5.74, 6) is 0.403. The third-order valence-corrected chi connectivity index (χ3v) is 5.69. The summed E-state index contributed by atoms with van der Waals surface area (Å²) in [6.07, 6.45) is 0. The van der Waals surface area contributed by atoms with Gasteiger partial charge >= 0.3 is 0 Å². The van der Waals surface area contributed by atoms with Gasteiger partial charge in [0.15, 0.2) is 11.7 Å². The third kappa shape index (κ3) is 4.63. The molecule has 0 saturated carbocycles. The Bertz CT molecular complexity index is 941. The number of anilines is 1. The van der Waals surface area contributed by atoms with Crippen LogP contribution in [0.4, 0.5) is 5.13 Å². The number of benzene rings is 2. The number of hydrogen-bond donors (Lipinski definition) is 1. The first kappa shape index (κ1) is 18.9. The van der Waals surface area contributed by atoms with E-state index in [0.29, 0.717) is 15.9 Å². The van der Waals surface area contributed by atoms with E-state index in [0.717, 1.165) is 26.2 Å². The van der Waals surface area contributed by atoms with Gasteiger partial charge in [0.05, 0.1) is 5.69 Å². The summed E-state index contributed by atoms with van der Waals surface area (Å²) in [5.41, 5.74) is 2.85.